The van der Waals surface area contributed by atoms with Gasteiger partial charge in [-0.25, -0.2) is 0 Å². The van der Waals surface area contributed by atoms with Crippen molar-refractivity contribution in [2.45, 2.75) is 0 Å². The van der Waals surface area contributed by atoms with E-state index >= 15 is 0 Å². The Morgan fingerprint density at radius 3 is 3.08 bits per heavy atom. The first-order valence-corrected chi connectivity index (χ1v) is 4.01. The van der Waals surface area contributed by atoms with Crippen LogP contribution in [0.5, 0.6) is 5.75 Å². The molecule has 62 valence electrons. The average Bonchev–Trinajstić information content (AvgIpc) is 2.07. The van der Waals surface area contributed by atoms with Crippen molar-refractivity contribution in [2.75, 3.05) is 11.9 Å². The van der Waals surface area contributed by atoms with Crippen LogP contribution in [0.25, 0.3) is 0 Å². The van der Waals surface area contributed by atoms with Crippen LogP contribution >= 0.6 is 11.6 Å². The van der Waals surface area contributed by atoms with E-state index in [4.69, 9.17) is 16.3 Å². The second kappa shape index (κ2) is 2.72. The number of rotatable bonds is 0. The Balaban J connectivity index is 2.52. The average molecular weight is 182 g/mol. The Morgan fingerprint density at radius 2 is 2.25 bits per heavy atom. The molecule has 0 spiro atoms. The van der Waals surface area contributed by atoms with Gasteiger partial charge in [-0.2, -0.15) is 0 Å². The van der Waals surface area contributed by atoms with Crippen molar-refractivity contribution in [3.63, 3.8) is 0 Å². The zero-order valence-corrected chi connectivity index (χ0v) is 7.38. The molecule has 0 N–H and O–H groups in total. The number of hydrogen-bond donors (Lipinski definition) is 0. The Bertz CT molecular complexity index is 335. The molecule has 0 saturated carbocycles. The first kappa shape index (κ1) is 7.50. The summed E-state index contributed by atoms with van der Waals surface area (Å²) in [5.74, 6) is 0.837. The van der Waals surface area contributed by atoms with Crippen LogP contribution in [0.2, 0.25) is 5.02 Å². The number of fused-ring (bicyclic) bond motifs is 1. The van der Waals surface area contributed by atoms with E-state index in [9.17, 15) is 0 Å². The summed E-state index contributed by atoms with van der Waals surface area (Å²) in [5, 5.41) is 0.722. The zero-order chi connectivity index (χ0) is 8.55. The first-order chi connectivity index (χ1) is 5.77. The Kier molecular flexibility index (Phi) is 1.70. The topological polar surface area (TPSA) is 12.5 Å². The lowest BCUT2D eigenvalue weighted by Gasteiger charge is -2.21. The molecule has 0 radical (unpaired) electrons. The van der Waals surface area contributed by atoms with Gasteiger partial charge in [-0.15, -0.1) is 0 Å². The molecule has 0 saturated heterocycles. The molecule has 12 heavy (non-hydrogen) atoms. The summed E-state index contributed by atoms with van der Waals surface area (Å²) in [6.45, 7) is 0. The smallest absolute Gasteiger partial charge is 0.150 e. The van der Waals surface area contributed by atoms with Crippen molar-refractivity contribution in [1.82, 2.24) is 0 Å². The molecule has 1 aliphatic heterocycles. The fraction of sp³-hybridized carbons (Fsp3) is 0.111. The van der Waals surface area contributed by atoms with Gasteiger partial charge in [0, 0.05) is 18.3 Å². The molecule has 0 atom stereocenters. The van der Waals surface area contributed by atoms with Crippen molar-refractivity contribution in [2.24, 2.45) is 0 Å². The third kappa shape index (κ3) is 1.14. The van der Waals surface area contributed by atoms with Gasteiger partial charge in [0.05, 0.1) is 5.69 Å². The van der Waals surface area contributed by atoms with E-state index < -0.39 is 0 Å². The van der Waals surface area contributed by atoms with E-state index in [-0.39, 0.29) is 0 Å². The molecule has 1 aromatic carbocycles. The zero-order valence-electron chi connectivity index (χ0n) is 6.62. The van der Waals surface area contributed by atoms with Gasteiger partial charge >= 0.3 is 0 Å². The number of ether oxygens (including phenoxy) is 1. The second-order valence-corrected chi connectivity index (χ2v) is 3.06. The van der Waals surface area contributed by atoms with Crippen LogP contribution in [0, 0.1) is 0 Å². The summed E-state index contributed by atoms with van der Waals surface area (Å²) in [5.41, 5.74) is 0.991. The van der Waals surface area contributed by atoms with Gasteiger partial charge in [-0.1, -0.05) is 11.6 Å². The van der Waals surface area contributed by atoms with Gasteiger partial charge in [-0.3, -0.25) is 0 Å². The number of benzene rings is 1. The summed E-state index contributed by atoms with van der Waals surface area (Å²) < 4.78 is 5.27. The van der Waals surface area contributed by atoms with Gasteiger partial charge in [0.1, 0.15) is 12.0 Å². The molecule has 0 aliphatic carbocycles. The van der Waals surface area contributed by atoms with Gasteiger partial charge in [0.2, 0.25) is 0 Å². The van der Waals surface area contributed by atoms with Crippen LogP contribution in [-0.4, -0.2) is 7.05 Å². The van der Waals surface area contributed by atoms with E-state index in [0.717, 1.165) is 16.5 Å². The van der Waals surface area contributed by atoms with Gasteiger partial charge < -0.3 is 9.64 Å². The maximum absolute atomic E-state index is 5.84. The molecular weight excluding hydrogens is 174 g/mol. The molecule has 1 heterocycles. The van der Waals surface area contributed by atoms with E-state index in [0.29, 0.717) is 0 Å². The molecule has 2 rings (SSSR count). The van der Waals surface area contributed by atoms with E-state index in [2.05, 4.69) is 0 Å². The molecule has 2 nitrogen and oxygen atoms in total. The number of anilines is 1. The number of hydrogen-bond acceptors (Lipinski definition) is 2. The minimum absolute atomic E-state index is 0.722. The lowest BCUT2D eigenvalue weighted by molar-refractivity contribution is 0.471. The van der Waals surface area contributed by atoms with Gasteiger partial charge in [-0.05, 0) is 18.2 Å². The lowest BCUT2D eigenvalue weighted by Crippen LogP contribution is -2.13. The minimum Gasteiger partial charge on any atom is -0.461 e. The summed E-state index contributed by atoms with van der Waals surface area (Å²) in [7, 11) is 1.95. The van der Waals surface area contributed by atoms with Gasteiger partial charge in [0.15, 0.2) is 0 Å². The summed E-state index contributed by atoms with van der Waals surface area (Å²) in [4.78, 5) is 1.96. The summed E-state index contributed by atoms with van der Waals surface area (Å²) in [6, 6.07) is 5.55. The molecular formula is C9H8ClNO. The molecule has 3 heteroatoms. The number of nitrogens with zero attached hydrogens (tertiary/aromatic N) is 1. The van der Waals surface area contributed by atoms with E-state index in [1.54, 1.807) is 6.26 Å². The molecule has 0 unspecified atom stereocenters. The Hall–Kier alpha value is -1.15. The highest BCUT2D eigenvalue weighted by atomic mass is 35.5. The van der Waals surface area contributed by atoms with E-state index in [1.807, 2.05) is 36.3 Å². The highest BCUT2D eigenvalue weighted by Gasteiger charge is 2.10. The van der Waals surface area contributed by atoms with Crippen LogP contribution in [-0.2, 0) is 0 Å². The molecule has 0 aromatic heterocycles. The van der Waals surface area contributed by atoms with Crippen LogP contribution in [0.1, 0.15) is 0 Å². The quantitative estimate of drug-likeness (QED) is 0.610. The van der Waals surface area contributed by atoms with Crippen molar-refractivity contribution < 1.29 is 4.74 Å². The normalized spacial score (nSPS) is 14.0. The van der Waals surface area contributed by atoms with Gasteiger partial charge in [0.25, 0.3) is 0 Å². The van der Waals surface area contributed by atoms with Crippen LogP contribution in [0.3, 0.4) is 0 Å². The summed E-state index contributed by atoms with van der Waals surface area (Å²) in [6.07, 6.45) is 3.49. The van der Waals surface area contributed by atoms with Crippen molar-refractivity contribution in [3.8, 4) is 5.75 Å². The standard InChI is InChI=1S/C9H8ClNO/c1-11-4-5-12-9-3-2-7(10)6-8(9)11/h2-6H,1H3. The molecule has 1 aliphatic rings. The fourth-order valence-corrected chi connectivity index (χ4v) is 1.31. The molecule has 0 amide bonds. The Morgan fingerprint density at radius 1 is 1.42 bits per heavy atom. The third-order valence-electron chi connectivity index (χ3n) is 1.78. The largest absolute Gasteiger partial charge is 0.461 e. The highest BCUT2D eigenvalue weighted by molar-refractivity contribution is 6.30. The second-order valence-electron chi connectivity index (χ2n) is 2.63. The predicted molar refractivity (Wildman–Crippen MR) is 49.6 cm³/mol. The fourth-order valence-electron chi connectivity index (χ4n) is 1.14. The highest BCUT2D eigenvalue weighted by Crippen LogP contribution is 2.33. The minimum atomic E-state index is 0.722. The molecule has 1 aromatic rings. The van der Waals surface area contributed by atoms with E-state index in [1.165, 1.54) is 0 Å². The summed E-state index contributed by atoms with van der Waals surface area (Å²) >= 11 is 5.84. The third-order valence-corrected chi connectivity index (χ3v) is 2.02. The maximum Gasteiger partial charge on any atom is 0.150 e. The molecule has 0 fully saturated rings. The monoisotopic (exact) mass is 181 g/mol. The lowest BCUT2D eigenvalue weighted by atomic mass is 10.2. The number of halogens is 1. The maximum atomic E-state index is 5.84. The Labute approximate surface area is 76.0 Å². The van der Waals surface area contributed by atoms with Crippen molar-refractivity contribution in [1.29, 1.82) is 0 Å². The first-order valence-electron chi connectivity index (χ1n) is 3.63. The van der Waals surface area contributed by atoms with Crippen LogP contribution < -0.4 is 9.64 Å². The molecule has 0 bridgehead atoms. The predicted octanol–water partition coefficient (Wildman–Crippen LogP) is 2.64. The van der Waals surface area contributed by atoms with Crippen LogP contribution in [0.15, 0.2) is 30.7 Å². The van der Waals surface area contributed by atoms with Crippen molar-refractivity contribution >= 4 is 17.3 Å². The van der Waals surface area contributed by atoms with Crippen molar-refractivity contribution in [3.05, 3.63) is 35.7 Å². The van der Waals surface area contributed by atoms with Crippen LogP contribution in [0.4, 0.5) is 5.69 Å². The SMILES string of the molecule is CN1C=COc2ccc(Cl)cc21.